The van der Waals surface area contributed by atoms with Gasteiger partial charge in [0.05, 0.1) is 33.4 Å². The van der Waals surface area contributed by atoms with Crippen LogP contribution in [-0.2, 0) is 9.53 Å². The highest BCUT2D eigenvalue weighted by atomic mass is 32.1. The summed E-state index contributed by atoms with van der Waals surface area (Å²) in [6.45, 7) is 4.89. The number of allylic oxidation sites excluding steroid dienone is 1. The molecule has 2 heterocycles. The third-order valence-electron chi connectivity index (χ3n) is 5.76. The number of benzene rings is 2. The molecule has 0 amide bonds. The van der Waals surface area contributed by atoms with Crippen LogP contribution in [0.25, 0.3) is 6.08 Å². The van der Waals surface area contributed by atoms with E-state index in [1.54, 1.807) is 63.2 Å². The molecule has 11 heteroatoms. The average molecular weight is 519 g/mol. The summed E-state index contributed by atoms with van der Waals surface area (Å²) in [7, 11) is 0. The summed E-state index contributed by atoms with van der Waals surface area (Å²) in [5.41, 5.74) is 1.37. The minimum absolute atomic E-state index is 0.111. The van der Waals surface area contributed by atoms with Crippen LogP contribution < -0.4 is 19.6 Å². The lowest BCUT2D eigenvalue weighted by Crippen LogP contribution is -2.40. The molecule has 0 saturated carbocycles. The average Bonchev–Trinajstić information content (AvgIpc) is 3.17. The van der Waals surface area contributed by atoms with Gasteiger partial charge >= 0.3 is 5.97 Å². The lowest BCUT2D eigenvalue weighted by Gasteiger charge is -2.24. The van der Waals surface area contributed by atoms with Gasteiger partial charge in [0, 0.05) is 17.2 Å². The smallest absolute Gasteiger partial charge is 0.338 e. The van der Waals surface area contributed by atoms with Crippen LogP contribution in [0.2, 0.25) is 0 Å². The number of fused-ring (bicyclic) bond motifs is 1. The number of carbonyl (C=O) groups excluding carboxylic acids is 1. The molecule has 1 atom stereocenters. The van der Waals surface area contributed by atoms with Crippen molar-refractivity contribution in [1.82, 2.24) is 4.57 Å². The second kappa shape index (κ2) is 10.6. The van der Waals surface area contributed by atoms with Gasteiger partial charge in [0.2, 0.25) is 0 Å². The van der Waals surface area contributed by atoms with Crippen LogP contribution in [0.1, 0.15) is 36.6 Å². The van der Waals surface area contributed by atoms with Crippen LogP contribution in [0.3, 0.4) is 0 Å². The minimum Gasteiger partial charge on any atom is -0.478 e. The highest BCUT2D eigenvalue weighted by Gasteiger charge is 2.34. The summed E-state index contributed by atoms with van der Waals surface area (Å²) in [4.78, 5) is 42.7. The second-order valence-electron chi connectivity index (χ2n) is 8.09. The third kappa shape index (κ3) is 4.92. The van der Waals surface area contributed by atoms with Gasteiger partial charge in [0.1, 0.15) is 11.8 Å². The molecule has 1 aliphatic heterocycles. The van der Waals surface area contributed by atoms with Crippen LogP contribution in [0, 0.1) is 28.4 Å². The minimum atomic E-state index is -0.971. The second-order valence-corrected chi connectivity index (χ2v) is 9.10. The van der Waals surface area contributed by atoms with Crippen molar-refractivity contribution >= 4 is 29.1 Å². The van der Waals surface area contributed by atoms with Crippen molar-refractivity contribution in [3.05, 3.63) is 100 Å². The molecule has 1 aromatic heterocycles. The molecule has 3 aromatic rings. The molecule has 188 valence electrons. The monoisotopic (exact) mass is 518 g/mol. The quantitative estimate of drug-likeness (QED) is 0.266. The van der Waals surface area contributed by atoms with Crippen LogP contribution in [0.15, 0.2) is 63.5 Å². The number of nitriles is 1. The maximum atomic E-state index is 13.7. The van der Waals surface area contributed by atoms with E-state index in [0.29, 0.717) is 37.5 Å². The number of carbonyl (C=O) groups is 1. The Morgan fingerprint density at radius 3 is 2.76 bits per heavy atom. The molecule has 0 bridgehead atoms. The Hall–Kier alpha value is -4.56. The molecule has 0 spiro atoms. The predicted octanol–water partition coefficient (Wildman–Crippen LogP) is 2.92. The number of thiazole rings is 1. The topological polar surface area (TPSA) is 137 Å². The molecular weight excluding hydrogens is 496 g/mol. The highest BCUT2D eigenvalue weighted by Crippen LogP contribution is 2.33. The van der Waals surface area contributed by atoms with Crippen molar-refractivity contribution in [3.63, 3.8) is 0 Å². The first-order chi connectivity index (χ1) is 17.8. The molecule has 0 aliphatic carbocycles. The Balaban J connectivity index is 1.97. The fraction of sp³-hybridized carbons (Fsp3) is 0.231. The number of hydrogen-bond donors (Lipinski definition) is 0. The third-order valence-corrected chi connectivity index (χ3v) is 6.74. The van der Waals surface area contributed by atoms with Crippen molar-refractivity contribution in [1.29, 1.82) is 5.26 Å². The van der Waals surface area contributed by atoms with Crippen LogP contribution in [0.5, 0.6) is 5.75 Å². The zero-order chi connectivity index (χ0) is 26.7. The molecule has 0 N–H and O–H groups in total. The molecule has 0 radical (unpaired) electrons. The molecule has 0 unspecified atom stereocenters. The zero-order valence-electron chi connectivity index (χ0n) is 20.3. The highest BCUT2D eigenvalue weighted by molar-refractivity contribution is 7.07. The summed E-state index contributed by atoms with van der Waals surface area (Å²) in [5.74, 6) is -0.217. The van der Waals surface area contributed by atoms with Crippen molar-refractivity contribution in [2.75, 3.05) is 13.2 Å². The van der Waals surface area contributed by atoms with Gasteiger partial charge in [0.15, 0.2) is 11.4 Å². The van der Waals surface area contributed by atoms with Gasteiger partial charge in [-0.1, -0.05) is 41.7 Å². The number of rotatable bonds is 7. The normalized spacial score (nSPS) is 15.0. The molecule has 0 saturated heterocycles. The van der Waals surface area contributed by atoms with Crippen molar-refractivity contribution in [2.24, 2.45) is 4.99 Å². The first-order valence-electron chi connectivity index (χ1n) is 11.3. The van der Waals surface area contributed by atoms with E-state index in [9.17, 15) is 19.7 Å². The number of esters is 1. The van der Waals surface area contributed by atoms with E-state index in [1.165, 1.54) is 10.6 Å². The molecule has 37 heavy (non-hydrogen) atoms. The first kappa shape index (κ1) is 25.5. The van der Waals surface area contributed by atoms with Gasteiger partial charge < -0.3 is 9.47 Å². The number of aryl methyl sites for hydroxylation is 1. The van der Waals surface area contributed by atoms with Crippen molar-refractivity contribution in [3.8, 4) is 11.8 Å². The van der Waals surface area contributed by atoms with E-state index < -0.39 is 22.5 Å². The number of hydrogen-bond acceptors (Lipinski definition) is 9. The Kier molecular flexibility index (Phi) is 7.31. The lowest BCUT2D eigenvalue weighted by atomic mass is 9.94. The van der Waals surface area contributed by atoms with Crippen LogP contribution in [-0.4, -0.2) is 28.7 Å². The lowest BCUT2D eigenvalue weighted by molar-refractivity contribution is -0.385. The van der Waals surface area contributed by atoms with E-state index in [1.807, 2.05) is 6.07 Å². The van der Waals surface area contributed by atoms with Gasteiger partial charge in [-0.05, 0) is 38.5 Å². The SMILES string of the molecule is CCOC(=O)C1=C(C)N=c2s/c(=C/c3ccccc3OCC#N)c(=O)n2[C@@H]1c1ccc(C)c([N+](=O)[O-])c1. The summed E-state index contributed by atoms with van der Waals surface area (Å²) in [5, 5.41) is 20.5. The maximum Gasteiger partial charge on any atom is 0.338 e. The van der Waals surface area contributed by atoms with E-state index in [4.69, 9.17) is 14.7 Å². The molecule has 0 fully saturated rings. The molecule has 10 nitrogen and oxygen atoms in total. The van der Waals surface area contributed by atoms with Gasteiger partial charge in [-0.2, -0.15) is 5.26 Å². The van der Waals surface area contributed by atoms with Crippen molar-refractivity contribution in [2.45, 2.75) is 26.8 Å². The Morgan fingerprint density at radius 2 is 2.05 bits per heavy atom. The van der Waals surface area contributed by atoms with E-state index in [2.05, 4.69) is 4.99 Å². The number of nitro groups is 1. The molecular formula is C26H22N4O6S. The number of nitrogens with zero attached hydrogens (tertiary/aromatic N) is 4. The Morgan fingerprint density at radius 1 is 1.30 bits per heavy atom. The van der Waals surface area contributed by atoms with Gasteiger partial charge in [0.25, 0.3) is 11.2 Å². The number of para-hydroxylation sites is 1. The van der Waals surface area contributed by atoms with Gasteiger partial charge in [-0.25, -0.2) is 9.79 Å². The fourth-order valence-corrected chi connectivity index (χ4v) is 5.12. The largest absolute Gasteiger partial charge is 0.478 e. The molecule has 4 rings (SSSR count). The summed E-state index contributed by atoms with van der Waals surface area (Å²) in [6.07, 6.45) is 1.63. The van der Waals surface area contributed by atoms with Gasteiger partial charge in [-0.15, -0.1) is 0 Å². The summed E-state index contributed by atoms with van der Waals surface area (Å²) < 4.78 is 12.4. The van der Waals surface area contributed by atoms with Crippen molar-refractivity contribution < 1.29 is 19.2 Å². The summed E-state index contributed by atoms with van der Waals surface area (Å²) >= 11 is 1.12. The Bertz CT molecular complexity index is 1660. The van der Waals surface area contributed by atoms with Gasteiger partial charge in [-0.3, -0.25) is 19.5 Å². The van der Waals surface area contributed by atoms with Crippen LogP contribution in [0.4, 0.5) is 5.69 Å². The molecule has 1 aliphatic rings. The van der Waals surface area contributed by atoms with E-state index in [-0.39, 0.29) is 24.5 Å². The predicted molar refractivity (Wildman–Crippen MR) is 136 cm³/mol. The number of aromatic nitrogens is 1. The first-order valence-corrected chi connectivity index (χ1v) is 12.1. The van der Waals surface area contributed by atoms with E-state index >= 15 is 0 Å². The zero-order valence-corrected chi connectivity index (χ0v) is 21.1. The van der Waals surface area contributed by atoms with E-state index in [0.717, 1.165) is 11.3 Å². The maximum absolute atomic E-state index is 13.7. The Labute approximate surface area is 215 Å². The standard InChI is InChI=1S/C26H22N4O6S/c1-4-35-25(32)22-16(3)28-26-29(23(22)18-10-9-15(2)19(13-18)30(33)34)24(31)21(37-26)14-17-7-5-6-8-20(17)36-12-11-27/h5-10,13-14,23H,4,12H2,1-3H3/b21-14+/t23-/m1/s1. The fourth-order valence-electron chi connectivity index (χ4n) is 4.08. The number of nitro benzene ring substituents is 1. The molecule has 2 aromatic carbocycles. The number of ether oxygens (including phenoxy) is 2. The summed E-state index contributed by atoms with van der Waals surface area (Å²) in [6, 6.07) is 12.5. The van der Waals surface area contributed by atoms with Crippen LogP contribution >= 0.6 is 11.3 Å².